The van der Waals surface area contributed by atoms with Crippen molar-refractivity contribution in [2.24, 2.45) is 5.92 Å². The van der Waals surface area contributed by atoms with Crippen LogP contribution in [0.5, 0.6) is 0 Å². The van der Waals surface area contributed by atoms with Crippen molar-refractivity contribution in [3.05, 3.63) is 11.9 Å². The summed E-state index contributed by atoms with van der Waals surface area (Å²) >= 11 is 0. The Morgan fingerprint density at radius 3 is 2.90 bits per heavy atom. The van der Waals surface area contributed by atoms with Crippen LogP contribution < -0.4 is 5.32 Å². The van der Waals surface area contributed by atoms with Gasteiger partial charge in [-0.25, -0.2) is 4.79 Å². The van der Waals surface area contributed by atoms with E-state index >= 15 is 0 Å². The number of aliphatic hydroxyl groups excluding tert-OH is 1. The van der Waals surface area contributed by atoms with Gasteiger partial charge in [0.15, 0.2) is 0 Å². The topological polar surface area (TPSA) is 70.4 Å². The number of β-amino-alcohol motifs (C(OH)–C–C–N with tert-alkyl or cyclic N) is 1. The first-order valence-corrected chi connectivity index (χ1v) is 7.30. The standard InChI is InChI=1S/C14H24N4O2/c1-4-13-12(7-15-18(13)8-10(2)3)16-14(20)17-6-5-11(19)9-17/h7,10-11,19H,4-6,8-9H2,1-3H3,(H,16,20)/t11-/m0/s1. The summed E-state index contributed by atoms with van der Waals surface area (Å²) in [7, 11) is 0. The molecule has 1 aromatic heterocycles. The van der Waals surface area contributed by atoms with Crippen LogP contribution in [0.15, 0.2) is 6.20 Å². The molecule has 2 amide bonds. The van der Waals surface area contributed by atoms with Crippen LogP contribution in [-0.2, 0) is 13.0 Å². The van der Waals surface area contributed by atoms with Gasteiger partial charge in [-0.1, -0.05) is 20.8 Å². The predicted molar refractivity (Wildman–Crippen MR) is 77.7 cm³/mol. The number of hydrogen-bond acceptors (Lipinski definition) is 3. The first-order chi connectivity index (χ1) is 9.51. The number of likely N-dealkylation sites (tertiary alicyclic amines) is 1. The zero-order valence-electron chi connectivity index (χ0n) is 12.5. The van der Waals surface area contributed by atoms with Crippen molar-refractivity contribution in [2.45, 2.75) is 46.3 Å². The molecule has 0 bridgehead atoms. The molecule has 0 unspecified atom stereocenters. The summed E-state index contributed by atoms with van der Waals surface area (Å²) < 4.78 is 1.96. The molecule has 6 nitrogen and oxygen atoms in total. The van der Waals surface area contributed by atoms with Crippen LogP contribution in [0.25, 0.3) is 0 Å². The third kappa shape index (κ3) is 3.30. The lowest BCUT2D eigenvalue weighted by Gasteiger charge is -2.17. The van der Waals surface area contributed by atoms with E-state index in [-0.39, 0.29) is 6.03 Å². The number of carbonyl (C=O) groups is 1. The van der Waals surface area contributed by atoms with E-state index < -0.39 is 6.10 Å². The minimum atomic E-state index is -0.393. The summed E-state index contributed by atoms with van der Waals surface area (Å²) in [5, 5.41) is 16.7. The van der Waals surface area contributed by atoms with E-state index in [1.54, 1.807) is 11.1 Å². The zero-order valence-corrected chi connectivity index (χ0v) is 12.5. The van der Waals surface area contributed by atoms with Crippen molar-refractivity contribution in [1.29, 1.82) is 0 Å². The molecule has 2 rings (SSSR count). The lowest BCUT2D eigenvalue weighted by Crippen LogP contribution is -2.33. The number of aromatic nitrogens is 2. The minimum Gasteiger partial charge on any atom is -0.391 e. The van der Waals surface area contributed by atoms with Crippen molar-refractivity contribution in [3.8, 4) is 0 Å². The number of urea groups is 1. The highest BCUT2D eigenvalue weighted by atomic mass is 16.3. The van der Waals surface area contributed by atoms with E-state index in [4.69, 9.17) is 0 Å². The van der Waals surface area contributed by atoms with Gasteiger partial charge < -0.3 is 15.3 Å². The van der Waals surface area contributed by atoms with Gasteiger partial charge in [0.25, 0.3) is 0 Å². The van der Waals surface area contributed by atoms with Gasteiger partial charge in [0.2, 0.25) is 0 Å². The third-order valence-electron chi connectivity index (χ3n) is 3.51. The molecule has 0 aromatic carbocycles. The summed E-state index contributed by atoms with van der Waals surface area (Å²) in [6.45, 7) is 8.21. The highest BCUT2D eigenvalue weighted by Crippen LogP contribution is 2.19. The van der Waals surface area contributed by atoms with Crippen molar-refractivity contribution in [2.75, 3.05) is 18.4 Å². The van der Waals surface area contributed by atoms with E-state index in [1.807, 2.05) is 4.68 Å². The Bertz CT molecular complexity index is 470. The maximum atomic E-state index is 12.1. The second kappa shape index (κ2) is 6.26. The Labute approximate surface area is 119 Å². The molecule has 0 spiro atoms. The smallest absolute Gasteiger partial charge is 0.322 e. The number of nitrogens with one attached hydrogen (secondary N) is 1. The normalized spacial score (nSPS) is 18.9. The van der Waals surface area contributed by atoms with Crippen LogP contribution in [-0.4, -0.2) is 45.0 Å². The molecule has 112 valence electrons. The molecule has 0 radical (unpaired) electrons. The summed E-state index contributed by atoms with van der Waals surface area (Å²) in [5.74, 6) is 0.512. The van der Waals surface area contributed by atoms with E-state index in [0.717, 1.165) is 24.3 Å². The third-order valence-corrected chi connectivity index (χ3v) is 3.51. The molecule has 1 aliphatic heterocycles. The van der Waals surface area contributed by atoms with Crippen LogP contribution in [0.2, 0.25) is 0 Å². The average Bonchev–Trinajstić information content (AvgIpc) is 2.96. The van der Waals surface area contributed by atoms with Gasteiger partial charge in [-0.2, -0.15) is 5.10 Å². The lowest BCUT2D eigenvalue weighted by molar-refractivity contribution is 0.176. The van der Waals surface area contributed by atoms with Crippen molar-refractivity contribution < 1.29 is 9.90 Å². The van der Waals surface area contributed by atoms with Crippen LogP contribution in [0, 0.1) is 5.92 Å². The van der Waals surface area contributed by atoms with E-state index in [2.05, 4.69) is 31.2 Å². The number of anilines is 1. The average molecular weight is 280 g/mol. The Morgan fingerprint density at radius 2 is 2.35 bits per heavy atom. The van der Waals surface area contributed by atoms with Gasteiger partial charge in [0, 0.05) is 19.6 Å². The Balaban J connectivity index is 2.05. The first-order valence-electron chi connectivity index (χ1n) is 7.30. The molecule has 1 atom stereocenters. The summed E-state index contributed by atoms with van der Waals surface area (Å²) in [5.41, 5.74) is 1.83. The minimum absolute atomic E-state index is 0.152. The fraction of sp³-hybridized carbons (Fsp3) is 0.714. The van der Waals surface area contributed by atoms with Crippen LogP contribution in [0.4, 0.5) is 10.5 Å². The van der Waals surface area contributed by atoms with Gasteiger partial charge in [0.05, 0.1) is 23.7 Å². The number of rotatable bonds is 4. The lowest BCUT2D eigenvalue weighted by atomic mass is 10.2. The molecule has 2 heterocycles. The fourth-order valence-electron chi connectivity index (χ4n) is 2.51. The predicted octanol–water partition coefficient (Wildman–Crippen LogP) is 1.70. The van der Waals surface area contributed by atoms with Gasteiger partial charge in [-0.3, -0.25) is 4.68 Å². The molecule has 0 saturated carbocycles. The highest BCUT2D eigenvalue weighted by Gasteiger charge is 2.25. The van der Waals surface area contributed by atoms with Gasteiger partial charge in [-0.05, 0) is 18.8 Å². The number of amides is 2. The summed E-state index contributed by atoms with van der Waals surface area (Å²) in [4.78, 5) is 13.8. The number of hydrogen-bond donors (Lipinski definition) is 2. The molecule has 1 saturated heterocycles. The van der Waals surface area contributed by atoms with Crippen molar-refractivity contribution in [1.82, 2.24) is 14.7 Å². The Hall–Kier alpha value is -1.56. The Morgan fingerprint density at radius 1 is 1.60 bits per heavy atom. The quantitative estimate of drug-likeness (QED) is 0.882. The molecule has 2 N–H and O–H groups in total. The maximum absolute atomic E-state index is 12.1. The van der Waals surface area contributed by atoms with Gasteiger partial charge in [-0.15, -0.1) is 0 Å². The highest BCUT2D eigenvalue weighted by molar-refractivity contribution is 5.90. The fourth-order valence-corrected chi connectivity index (χ4v) is 2.51. The van der Waals surface area contributed by atoms with E-state index in [9.17, 15) is 9.90 Å². The summed E-state index contributed by atoms with van der Waals surface area (Å²) in [6.07, 6.45) is 2.80. The molecule has 20 heavy (non-hydrogen) atoms. The molecule has 1 fully saturated rings. The number of nitrogens with zero attached hydrogens (tertiary/aromatic N) is 3. The monoisotopic (exact) mass is 280 g/mol. The molecule has 1 aliphatic rings. The first kappa shape index (κ1) is 14.8. The molecular weight excluding hydrogens is 256 g/mol. The largest absolute Gasteiger partial charge is 0.391 e. The SMILES string of the molecule is CCc1c(NC(=O)N2CC[C@H](O)C2)cnn1CC(C)C. The number of aliphatic hydroxyl groups is 1. The van der Waals surface area contributed by atoms with E-state index in [0.29, 0.717) is 25.4 Å². The van der Waals surface area contributed by atoms with Crippen LogP contribution in [0.3, 0.4) is 0 Å². The Kier molecular flexibility index (Phi) is 4.65. The second-order valence-corrected chi connectivity index (χ2v) is 5.75. The number of carbonyl (C=O) groups excluding carboxylic acids is 1. The van der Waals surface area contributed by atoms with Crippen molar-refractivity contribution in [3.63, 3.8) is 0 Å². The van der Waals surface area contributed by atoms with Gasteiger partial charge in [0.1, 0.15) is 0 Å². The van der Waals surface area contributed by atoms with Crippen molar-refractivity contribution >= 4 is 11.7 Å². The summed E-state index contributed by atoms with van der Waals surface area (Å²) in [6, 6.07) is -0.152. The van der Waals surface area contributed by atoms with Crippen LogP contribution in [0.1, 0.15) is 32.9 Å². The van der Waals surface area contributed by atoms with Gasteiger partial charge >= 0.3 is 6.03 Å². The molecule has 6 heteroatoms. The maximum Gasteiger partial charge on any atom is 0.322 e. The second-order valence-electron chi connectivity index (χ2n) is 5.75. The van der Waals surface area contributed by atoms with Crippen LogP contribution >= 0.6 is 0 Å². The van der Waals surface area contributed by atoms with E-state index in [1.165, 1.54) is 0 Å². The molecule has 0 aliphatic carbocycles. The molecular formula is C14H24N4O2. The molecule has 1 aromatic rings. The zero-order chi connectivity index (χ0) is 14.7.